The van der Waals surface area contributed by atoms with Crippen molar-refractivity contribution in [2.75, 3.05) is 33.2 Å². The molecule has 1 amide bonds. The molecule has 9 heteroatoms. The number of hydrogen-bond acceptors (Lipinski definition) is 6. The van der Waals surface area contributed by atoms with E-state index in [0.717, 1.165) is 28.7 Å². The number of amides is 1. The molecule has 3 atom stereocenters. The second-order valence-corrected chi connectivity index (χ2v) is 9.78. The Morgan fingerprint density at radius 3 is 2.64 bits per heavy atom. The zero-order valence-electron chi connectivity index (χ0n) is 15.1. The molecule has 1 N–H and O–H groups in total. The molecule has 142 valence electrons. The monoisotopic (exact) mass is 389 g/mol. The lowest BCUT2D eigenvalue weighted by atomic mass is 10.1. The number of thiophene rings is 1. The van der Waals surface area contributed by atoms with Gasteiger partial charge in [0, 0.05) is 32.7 Å². The van der Waals surface area contributed by atoms with E-state index in [9.17, 15) is 13.2 Å². The van der Waals surface area contributed by atoms with Crippen molar-refractivity contribution in [3.63, 3.8) is 0 Å². The van der Waals surface area contributed by atoms with Crippen LogP contribution in [0.1, 0.15) is 20.8 Å². The number of nitrogens with zero attached hydrogens (tertiary/aromatic N) is 2. The van der Waals surface area contributed by atoms with Crippen LogP contribution < -0.4 is 5.32 Å². The van der Waals surface area contributed by atoms with E-state index in [2.05, 4.69) is 17.1 Å². The van der Waals surface area contributed by atoms with Crippen molar-refractivity contribution in [3.05, 3.63) is 17.5 Å². The third-order valence-corrected chi connectivity index (χ3v) is 7.37. The second kappa shape index (κ2) is 8.59. The van der Waals surface area contributed by atoms with Crippen molar-refractivity contribution in [1.82, 2.24) is 14.5 Å². The smallest absolute Gasteiger partial charge is 0.252 e. The van der Waals surface area contributed by atoms with Gasteiger partial charge in [-0.05, 0) is 32.2 Å². The van der Waals surface area contributed by atoms with E-state index in [-0.39, 0.29) is 34.9 Å². The molecule has 25 heavy (non-hydrogen) atoms. The van der Waals surface area contributed by atoms with Gasteiger partial charge in [0.15, 0.2) is 0 Å². The van der Waals surface area contributed by atoms with E-state index < -0.39 is 10.0 Å². The van der Waals surface area contributed by atoms with Crippen molar-refractivity contribution in [1.29, 1.82) is 0 Å². The molecular formula is C16H27N3O4S2. The van der Waals surface area contributed by atoms with Crippen molar-refractivity contribution in [3.8, 4) is 0 Å². The topological polar surface area (TPSA) is 79.0 Å². The number of morpholine rings is 1. The van der Waals surface area contributed by atoms with Crippen molar-refractivity contribution in [2.24, 2.45) is 0 Å². The number of rotatable bonds is 7. The summed E-state index contributed by atoms with van der Waals surface area (Å²) in [7, 11) is -2.18. The van der Waals surface area contributed by atoms with E-state index in [0.29, 0.717) is 6.54 Å². The van der Waals surface area contributed by atoms with Gasteiger partial charge in [0.1, 0.15) is 4.21 Å². The molecule has 0 aromatic carbocycles. The Morgan fingerprint density at radius 2 is 2.08 bits per heavy atom. The standard InChI is InChI=1S/C16H27N3O4S2/c1-12(19-9-13(2)23-14(3)10-19)8-17-15(20)11-18(4)25(21,22)16-6-5-7-24-16/h5-7,12-14H,8-11H2,1-4H3,(H,17,20). The Labute approximate surface area is 154 Å². The van der Waals surface area contributed by atoms with Gasteiger partial charge >= 0.3 is 0 Å². The van der Waals surface area contributed by atoms with Crippen LogP contribution in [-0.4, -0.2) is 75.0 Å². The summed E-state index contributed by atoms with van der Waals surface area (Å²) in [6.07, 6.45) is 0.341. The summed E-state index contributed by atoms with van der Waals surface area (Å²) in [5.74, 6) is -0.302. The van der Waals surface area contributed by atoms with Gasteiger partial charge in [0.25, 0.3) is 10.0 Å². The van der Waals surface area contributed by atoms with Gasteiger partial charge in [-0.3, -0.25) is 9.69 Å². The van der Waals surface area contributed by atoms with Crippen LogP contribution in [-0.2, 0) is 19.6 Å². The number of carbonyl (C=O) groups is 1. The van der Waals surface area contributed by atoms with Gasteiger partial charge in [0.2, 0.25) is 5.91 Å². The molecule has 0 radical (unpaired) electrons. The maximum atomic E-state index is 12.3. The molecule has 1 saturated heterocycles. The Bertz CT molecular complexity index is 653. The van der Waals surface area contributed by atoms with Crippen molar-refractivity contribution >= 4 is 27.3 Å². The summed E-state index contributed by atoms with van der Waals surface area (Å²) in [6, 6.07) is 3.38. The third kappa shape index (κ3) is 5.49. The van der Waals surface area contributed by atoms with Crippen LogP contribution in [0, 0.1) is 0 Å². The van der Waals surface area contributed by atoms with E-state index in [1.165, 1.54) is 13.1 Å². The molecule has 0 saturated carbocycles. The zero-order chi connectivity index (χ0) is 18.6. The minimum absolute atomic E-state index is 0.164. The molecular weight excluding hydrogens is 362 g/mol. The fourth-order valence-electron chi connectivity index (χ4n) is 2.88. The zero-order valence-corrected chi connectivity index (χ0v) is 16.8. The van der Waals surface area contributed by atoms with Gasteiger partial charge in [-0.15, -0.1) is 11.3 Å². The number of carbonyl (C=O) groups excluding carboxylic acids is 1. The fourth-order valence-corrected chi connectivity index (χ4v) is 5.20. The first-order valence-electron chi connectivity index (χ1n) is 8.36. The number of hydrogen-bond donors (Lipinski definition) is 1. The van der Waals surface area contributed by atoms with Gasteiger partial charge < -0.3 is 10.1 Å². The van der Waals surface area contributed by atoms with Crippen LogP contribution in [0.25, 0.3) is 0 Å². The Kier molecular flexibility index (Phi) is 6.98. The molecule has 7 nitrogen and oxygen atoms in total. The molecule has 0 bridgehead atoms. The largest absolute Gasteiger partial charge is 0.373 e. The van der Waals surface area contributed by atoms with Crippen molar-refractivity contribution < 1.29 is 17.9 Å². The molecule has 1 fully saturated rings. The third-order valence-electron chi connectivity index (χ3n) is 4.19. The normalized spacial score (nSPS) is 23.6. The Hall–Kier alpha value is -1.00. The first kappa shape index (κ1) is 20.3. The lowest BCUT2D eigenvalue weighted by molar-refractivity contribution is -0.121. The number of likely N-dealkylation sites (N-methyl/N-ethyl adjacent to an activating group) is 1. The van der Waals surface area contributed by atoms with E-state index in [1.54, 1.807) is 11.4 Å². The SMILES string of the molecule is CC1CN(C(C)CNC(=O)CN(C)S(=O)(=O)c2cccs2)CC(C)O1. The summed E-state index contributed by atoms with van der Waals surface area (Å²) in [6.45, 7) is 8.07. The minimum atomic E-state index is -3.60. The highest BCUT2D eigenvalue weighted by atomic mass is 32.2. The van der Waals surface area contributed by atoms with Gasteiger partial charge in [0.05, 0.1) is 18.8 Å². The summed E-state index contributed by atoms with van der Waals surface area (Å²) in [5.41, 5.74) is 0. The summed E-state index contributed by atoms with van der Waals surface area (Å²) in [5, 5.41) is 4.53. The Balaban J connectivity index is 1.82. The quantitative estimate of drug-likeness (QED) is 0.752. The van der Waals surface area contributed by atoms with E-state index in [4.69, 9.17) is 4.74 Å². The summed E-state index contributed by atoms with van der Waals surface area (Å²) < 4.78 is 31.7. The van der Waals surface area contributed by atoms with Crippen LogP contribution in [0.2, 0.25) is 0 Å². The molecule has 2 rings (SSSR count). The number of ether oxygens (including phenoxy) is 1. The average molecular weight is 390 g/mol. The van der Waals surface area contributed by atoms with E-state index >= 15 is 0 Å². The summed E-state index contributed by atoms with van der Waals surface area (Å²) >= 11 is 1.14. The average Bonchev–Trinajstić information content (AvgIpc) is 3.06. The first-order valence-corrected chi connectivity index (χ1v) is 10.7. The van der Waals surface area contributed by atoms with Crippen LogP contribution >= 0.6 is 11.3 Å². The molecule has 1 aromatic heterocycles. The van der Waals surface area contributed by atoms with Crippen LogP contribution in [0.15, 0.2) is 21.7 Å². The van der Waals surface area contributed by atoms with Gasteiger partial charge in [-0.25, -0.2) is 8.42 Å². The maximum Gasteiger partial charge on any atom is 0.252 e. The number of nitrogens with one attached hydrogen (secondary N) is 1. The lowest BCUT2D eigenvalue weighted by Crippen LogP contribution is -2.52. The van der Waals surface area contributed by atoms with E-state index in [1.807, 2.05) is 13.8 Å². The highest BCUT2D eigenvalue weighted by Crippen LogP contribution is 2.19. The molecule has 0 aliphatic carbocycles. The molecule has 0 spiro atoms. The summed E-state index contributed by atoms with van der Waals surface area (Å²) in [4.78, 5) is 14.4. The van der Waals surface area contributed by atoms with Crippen molar-refractivity contribution in [2.45, 2.75) is 43.2 Å². The molecule has 2 heterocycles. The van der Waals surface area contributed by atoms with Gasteiger partial charge in [-0.2, -0.15) is 4.31 Å². The predicted octanol–water partition coefficient (Wildman–Crippen LogP) is 0.983. The maximum absolute atomic E-state index is 12.3. The molecule has 1 aromatic rings. The first-order chi connectivity index (χ1) is 11.7. The highest BCUT2D eigenvalue weighted by Gasteiger charge is 2.27. The lowest BCUT2D eigenvalue weighted by Gasteiger charge is -2.39. The number of sulfonamides is 1. The molecule has 1 aliphatic heterocycles. The van der Waals surface area contributed by atoms with Crippen LogP contribution in [0.5, 0.6) is 0 Å². The van der Waals surface area contributed by atoms with Crippen LogP contribution in [0.4, 0.5) is 0 Å². The Morgan fingerprint density at radius 1 is 1.44 bits per heavy atom. The molecule has 3 unspecified atom stereocenters. The highest BCUT2D eigenvalue weighted by molar-refractivity contribution is 7.91. The molecule has 1 aliphatic rings. The predicted molar refractivity (Wildman–Crippen MR) is 98.2 cm³/mol. The minimum Gasteiger partial charge on any atom is -0.373 e. The fraction of sp³-hybridized carbons (Fsp3) is 0.688. The van der Waals surface area contributed by atoms with Gasteiger partial charge in [-0.1, -0.05) is 6.07 Å². The second-order valence-electron chi connectivity index (χ2n) is 6.56. The van der Waals surface area contributed by atoms with Crippen LogP contribution in [0.3, 0.4) is 0 Å².